The summed E-state index contributed by atoms with van der Waals surface area (Å²) in [5, 5.41) is 28.3. The van der Waals surface area contributed by atoms with Gasteiger partial charge in [-0.15, -0.1) is 0 Å². The van der Waals surface area contributed by atoms with Gasteiger partial charge in [0.15, 0.2) is 0 Å². The van der Waals surface area contributed by atoms with Crippen LogP contribution in [0.5, 0.6) is 5.75 Å². The van der Waals surface area contributed by atoms with E-state index in [4.69, 9.17) is 0 Å². The van der Waals surface area contributed by atoms with E-state index in [1.54, 1.807) is 19.1 Å². The average Bonchev–Trinajstić information content (AvgIpc) is 2.20. The summed E-state index contributed by atoms with van der Waals surface area (Å²) in [6.07, 6.45) is -1.92. The molecule has 3 N–H and O–H groups in total. The molecule has 1 aromatic carbocycles. The molecule has 14 heavy (non-hydrogen) atoms. The number of hydrogen-bond donors (Lipinski definition) is 4. The minimum Gasteiger partial charge on any atom is -0.508 e. The van der Waals surface area contributed by atoms with E-state index < -0.39 is 12.2 Å². The van der Waals surface area contributed by atoms with Crippen LogP contribution in [0, 0.1) is 6.92 Å². The van der Waals surface area contributed by atoms with Gasteiger partial charge in [-0.1, -0.05) is 12.1 Å². The van der Waals surface area contributed by atoms with Gasteiger partial charge in [-0.25, -0.2) is 0 Å². The van der Waals surface area contributed by atoms with Gasteiger partial charge in [0.1, 0.15) is 11.9 Å². The zero-order valence-corrected chi connectivity index (χ0v) is 8.78. The number of phenols is 1. The summed E-state index contributed by atoms with van der Waals surface area (Å²) in [6.45, 7) is 1.76. The molecule has 0 bridgehead atoms. The molecular weight excluding hydrogens is 200 g/mol. The van der Waals surface area contributed by atoms with E-state index in [1.807, 2.05) is 0 Å². The third-order valence-corrected chi connectivity index (χ3v) is 2.50. The fourth-order valence-electron chi connectivity index (χ4n) is 1.13. The van der Waals surface area contributed by atoms with Crippen molar-refractivity contribution in [1.29, 1.82) is 0 Å². The summed E-state index contributed by atoms with van der Waals surface area (Å²) < 4.78 is 0. The predicted octanol–water partition coefficient (Wildman–Crippen LogP) is 1.02. The Kier molecular flexibility index (Phi) is 3.80. The van der Waals surface area contributed by atoms with Gasteiger partial charge in [-0.05, 0) is 24.1 Å². The Morgan fingerprint density at radius 3 is 2.50 bits per heavy atom. The molecule has 0 saturated heterocycles. The first-order valence-corrected chi connectivity index (χ1v) is 4.96. The van der Waals surface area contributed by atoms with Crippen molar-refractivity contribution in [3.05, 3.63) is 29.3 Å². The Labute approximate surface area is 88.4 Å². The molecule has 3 nitrogen and oxygen atoms in total. The van der Waals surface area contributed by atoms with Crippen molar-refractivity contribution in [2.45, 2.75) is 19.1 Å². The van der Waals surface area contributed by atoms with Crippen LogP contribution in [-0.2, 0) is 0 Å². The van der Waals surface area contributed by atoms with Crippen molar-refractivity contribution in [2.24, 2.45) is 0 Å². The maximum absolute atomic E-state index is 9.59. The van der Waals surface area contributed by atoms with E-state index >= 15 is 0 Å². The highest BCUT2D eigenvalue weighted by atomic mass is 32.1. The molecule has 2 unspecified atom stereocenters. The second-order valence-corrected chi connectivity index (χ2v) is 3.61. The molecule has 0 aromatic heterocycles. The highest BCUT2D eigenvalue weighted by Crippen LogP contribution is 2.24. The normalized spacial score (nSPS) is 15.1. The van der Waals surface area contributed by atoms with Crippen molar-refractivity contribution in [2.75, 3.05) is 5.75 Å². The number of aliphatic hydroxyl groups is 2. The van der Waals surface area contributed by atoms with Crippen LogP contribution in [0.1, 0.15) is 17.2 Å². The summed E-state index contributed by atoms with van der Waals surface area (Å²) in [5.74, 6) is 0.295. The number of aliphatic hydroxyl groups excluding tert-OH is 2. The summed E-state index contributed by atoms with van der Waals surface area (Å²) in [7, 11) is 0. The molecular formula is C10H14O3S. The molecule has 1 rings (SSSR count). The zero-order valence-electron chi connectivity index (χ0n) is 7.88. The van der Waals surface area contributed by atoms with Gasteiger partial charge in [0.05, 0.1) is 6.10 Å². The molecule has 0 amide bonds. The first-order valence-electron chi connectivity index (χ1n) is 4.32. The number of benzene rings is 1. The third kappa shape index (κ3) is 2.41. The van der Waals surface area contributed by atoms with Crippen molar-refractivity contribution in [3.63, 3.8) is 0 Å². The second kappa shape index (κ2) is 4.68. The van der Waals surface area contributed by atoms with Gasteiger partial charge >= 0.3 is 0 Å². The Balaban J connectivity index is 2.91. The topological polar surface area (TPSA) is 60.7 Å². The minimum absolute atomic E-state index is 0.118. The van der Waals surface area contributed by atoms with E-state index in [-0.39, 0.29) is 11.5 Å². The number of aromatic hydroxyl groups is 1. The molecule has 0 saturated carbocycles. The Bertz CT molecular complexity index is 314. The SMILES string of the molecule is Cc1ccc(C(O)C(O)CS)cc1O. The summed E-state index contributed by atoms with van der Waals surface area (Å²) >= 11 is 3.88. The van der Waals surface area contributed by atoms with Crippen molar-refractivity contribution in [1.82, 2.24) is 0 Å². The maximum Gasteiger partial charge on any atom is 0.118 e. The summed E-state index contributed by atoms with van der Waals surface area (Å²) in [6, 6.07) is 4.82. The van der Waals surface area contributed by atoms with Crippen LogP contribution >= 0.6 is 12.6 Å². The van der Waals surface area contributed by atoms with Crippen LogP contribution in [-0.4, -0.2) is 27.2 Å². The van der Waals surface area contributed by atoms with Crippen LogP contribution in [0.15, 0.2) is 18.2 Å². The second-order valence-electron chi connectivity index (χ2n) is 3.24. The first-order chi connectivity index (χ1) is 6.56. The van der Waals surface area contributed by atoms with E-state index in [1.165, 1.54) is 6.07 Å². The lowest BCUT2D eigenvalue weighted by molar-refractivity contribution is 0.0336. The van der Waals surface area contributed by atoms with E-state index in [9.17, 15) is 15.3 Å². The van der Waals surface area contributed by atoms with Gasteiger partial charge < -0.3 is 15.3 Å². The number of phenolic OH excluding ortho intramolecular Hbond substituents is 1. The molecule has 2 atom stereocenters. The van der Waals surface area contributed by atoms with E-state index in [0.717, 1.165) is 5.56 Å². The molecule has 0 aliphatic heterocycles. The fraction of sp³-hybridized carbons (Fsp3) is 0.400. The summed E-state index contributed by atoms with van der Waals surface area (Å²) in [5.41, 5.74) is 1.23. The first kappa shape index (κ1) is 11.4. The molecule has 78 valence electrons. The monoisotopic (exact) mass is 214 g/mol. The van der Waals surface area contributed by atoms with Crippen LogP contribution in [0.3, 0.4) is 0 Å². The van der Waals surface area contributed by atoms with Gasteiger partial charge in [0, 0.05) is 5.75 Å². The Morgan fingerprint density at radius 1 is 1.36 bits per heavy atom. The van der Waals surface area contributed by atoms with Gasteiger partial charge in [0.2, 0.25) is 0 Å². The lowest BCUT2D eigenvalue weighted by atomic mass is 10.0. The molecule has 0 aliphatic carbocycles. The highest BCUT2D eigenvalue weighted by molar-refractivity contribution is 7.80. The third-order valence-electron chi connectivity index (χ3n) is 2.13. The van der Waals surface area contributed by atoms with Gasteiger partial charge in [-0.2, -0.15) is 12.6 Å². The average molecular weight is 214 g/mol. The molecule has 0 fully saturated rings. The van der Waals surface area contributed by atoms with E-state index in [2.05, 4.69) is 12.6 Å². The number of aryl methyl sites for hydroxylation is 1. The molecule has 0 spiro atoms. The fourth-order valence-corrected chi connectivity index (χ4v) is 1.33. The predicted molar refractivity (Wildman–Crippen MR) is 57.7 cm³/mol. The van der Waals surface area contributed by atoms with Crippen LogP contribution in [0.4, 0.5) is 0 Å². The minimum atomic E-state index is -1.00. The van der Waals surface area contributed by atoms with Crippen molar-refractivity contribution in [3.8, 4) is 5.75 Å². The van der Waals surface area contributed by atoms with Gasteiger partial charge in [-0.3, -0.25) is 0 Å². The molecule has 0 aliphatic rings. The quantitative estimate of drug-likeness (QED) is 0.568. The Morgan fingerprint density at radius 2 is 2.00 bits per heavy atom. The van der Waals surface area contributed by atoms with Gasteiger partial charge in [0.25, 0.3) is 0 Å². The number of hydrogen-bond acceptors (Lipinski definition) is 4. The molecule has 1 aromatic rings. The van der Waals surface area contributed by atoms with E-state index in [0.29, 0.717) is 5.56 Å². The number of rotatable bonds is 3. The lowest BCUT2D eigenvalue weighted by Gasteiger charge is -2.16. The molecule has 4 heteroatoms. The van der Waals surface area contributed by atoms with Crippen LogP contribution < -0.4 is 0 Å². The largest absolute Gasteiger partial charge is 0.508 e. The van der Waals surface area contributed by atoms with Crippen molar-refractivity contribution >= 4 is 12.6 Å². The summed E-state index contributed by atoms with van der Waals surface area (Å²) in [4.78, 5) is 0. The van der Waals surface area contributed by atoms with Crippen LogP contribution in [0.25, 0.3) is 0 Å². The number of thiol groups is 1. The lowest BCUT2D eigenvalue weighted by Crippen LogP contribution is -2.19. The Hall–Kier alpha value is -0.710. The highest BCUT2D eigenvalue weighted by Gasteiger charge is 2.17. The molecule has 0 radical (unpaired) electrons. The van der Waals surface area contributed by atoms with Crippen molar-refractivity contribution < 1.29 is 15.3 Å². The smallest absolute Gasteiger partial charge is 0.118 e. The standard InChI is InChI=1S/C10H14O3S/c1-6-2-3-7(4-8(6)11)10(13)9(12)5-14/h2-4,9-14H,5H2,1H3. The molecule has 0 heterocycles. The zero-order chi connectivity index (χ0) is 10.7. The maximum atomic E-state index is 9.59. The van der Waals surface area contributed by atoms with Crippen LogP contribution in [0.2, 0.25) is 0 Å².